The van der Waals surface area contributed by atoms with Crippen LogP contribution in [0, 0.1) is 6.92 Å². The number of anilines is 1. The summed E-state index contributed by atoms with van der Waals surface area (Å²) in [6.45, 7) is 12.3. The highest BCUT2D eigenvalue weighted by Gasteiger charge is 2.34. The third-order valence-corrected chi connectivity index (χ3v) is 6.32. The second-order valence-corrected chi connectivity index (χ2v) is 10.6. The maximum Gasteiger partial charge on any atom is 0.226 e. The highest BCUT2D eigenvalue weighted by molar-refractivity contribution is 5.79. The molecule has 2 aromatic rings. The fourth-order valence-corrected chi connectivity index (χ4v) is 5.38. The summed E-state index contributed by atoms with van der Waals surface area (Å²) in [5, 5.41) is 3.64. The van der Waals surface area contributed by atoms with Crippen molar-refractivity contribution < 1.29 is 4.79 Å². The Bertz CT molecular complexity index is 1040. The van der Waals surface area contributed by atoms with E-state index in [1.165, 1.54) is 5.57 Å². The lowest BCUT2D eigenvalue weighted by molar-refractivity contribution is -0.129. The third kappa shape index (κ3) is 5.18. The summed E-state index contributed by atoms with van der Waals surface area (Å²) in [7, 11) is 0. The van der Waals surface area contributed by atoms with Crippen molar-refractivity contribution in [2.24, 2.45) is 0 Å². The summed E-state index contributed by atoms with van der Waals surface area (Å²) in [4.78, 5) is 24.2. The number of hydrogen-bond donors (Lipinski definition) is 2. The molecule has 0 aliphatic carbocycles. The molecule has 32 heavy (non-hydrogen) atoms. The van der Waals surface area contributed by atoms with Crippen molar-refractivity contribution in [3.8, 4) is 11.1 Å². The van der Waals surface area contributed by atoms with Gasteiger partial charge in [-0.2, -0.15) is 0 Å². The summed E-state index contributed by atoms with van der Waals surface area (Å²) in [6.07, 6.45) is 6.38. The van der Waals surface area contributed by atoms with Gasteiger partial charge in [-0.25, -0.2) is 4.98 Å². The van der Waals surface area contributed by atoms with E-state index >= 15 is 0 Å². The Morgan fingerprint density at radius 1 is 1.22 bits per heavy atom. The molecule has 1 atom stereocenters. The Morgan fingerprint density at radius 3 is 2.69 bits per heavy atom. The molecule has 1 unspecified atom stereocenters. The first-order valence-corrected chi connectivity index (χ1v) is 11.5. The highest BCUT2D eigenvalue weighted by Crippen LogP contribution is 2.33. The lowest BCUT2D eigenvalue weighted by atomic mass is 9.82. The largest absolute Gasteiger partial charge is 0.384 e. The molecule has 1 amide bonds. The molecule has 2 aromatic heterocycles. The van der Waals surface area contributed by atoms with Gasteiger partial charge >= 0.3 is 0 Å². The fourth-order valence-electron chi connectivity index (χ4n) is 5.38. The predicted molar refractivity (Wildman–Crippen MR) is 129 cm³/mol. The Kier molecular flexibility index (Phi) is 5.84. The van der Waals surface area contributed by atoms with E-state index in [0.29, 0.717) is 12.2 Å². The molecule has 4 rings (SSSR count). The molecule has 1 saturated heterocycles. The second-order valence-electron chi connectivity index (χ2n) is 10.6. The van der Waals surface area contributed by atoms with Gasteiger partial charge in [-0.3, -0.25) is 9.78 Å². The van der Waals surface area contributed by atoms with Crippen LogP contribution in [0.25, 0.3) is 11.1 Å². The van der Waals surface area contributed by atoms with E-state index in [9.17, 15) is 4.79 Å². The molecule has 2 aliphatic rings. The van der Waals surface area contributed by atoms with Crippen LogP contribution in [0.5, 0.6) is 0 Å². The smallest absolute Gasteiger partial charge is 0.226 e. The summed E-state index contributed by atoms with van der Waals surface area (Å²) in [6, 6.07) is 8.01. The van der Waals surface area contributed by atoms with Crippen LogP contribution in [-0.4, -0.2) is 44.9 Å². The minimum atomic E-state index is -0.0935. The van der Waals surface area contributed by atoms with Gasteiger partial charge in [0.15, 0.2) is 0 Å². The van der Waals surface area contributed by atoms with E-state index in [-0.39, 0.29) is 22.9 Å². The van der Waals surface area contributed by atoms with E-state index in [1.54, 1.807) is 6.20 Å². The van der Waals surface area contributed by atoms with E-state index in [0.717, 1.165) is 48.4 Å². The number of aryl methyl sites for hydroxylation is 1. The monoisotopic (exact) mass is 433 g/mol. The molecule has 1 fully saturated rings. The van der Waals surface area contributed by atoms with Crippen molar-refractivity contribution in [2.45, 2.75) is 70.9 Å². The minimum absolute atomic E-state index is 0.000253. The molecule has 4 heterocycles. The van der Waals surface area contributed by atoms with Crippen molar-refractivity contribution in [1.29, 1.82) is 0 Å². The highest BCUT2D eigenvalue weighted by atomic mass is 16.2. The standard InChI is InChI=1S/C26H35N5O/c1-17-10-21(19-6-7-23(27)28-15-19)12-22(29-17)20-8-9-31(16-20)24(32)11-18-13-25(2,3)30-26(4,5)14-18/h6-7,10,12-13,15,20,30H,8-9,11,14,16H2,1-5H3,(H2,27,28). The molecule has 0 saturated carbocycles. The van der Waals surface area contributed by atoms with Crippen LogP contribution >= 0.6 is 0 Å². The molecule has 2 aliphatic heterocycles. The summed E-state index contributed by atoms with van der Waals surface area (Å²) in [5.41, 5.74) is 11.0. The van der Waals surface area contributed by atoms with Crippen molar-refractivity contribution in [1.82, 2.24) is 20.2 Å². The number of carbonyl (C=O) groups excluding carboxylic acids is 1. The Balaban J connectivity index is 1.46. The fraction of sp³-hybridized carbons (Fsp3) is 0.500. The Labute approximate surface area is 191 Å². The van der Waals surface area contributed by atoms with Crippen LogP contribution in [0.2, 0.25) is 0 Å². The van der Waals surface area contributed by atoms with Gasteiger partial charge < -0.3 is 16.0 Å². The maximum absolute atomic E-state index is 13.1. The summed E-state index contributed by atoms with van der Waals surface area (Å²) < 4.78 is 0. The number of rotatable bonds is 4. The number of nitrogens with two attached hydrogens (primary N) is 1. The molecule has 0 radical (unpaired) electrons. The van der Waals surface area contributed by atoms with E-state index in [2.05, 4.69) is 56.2 Å². The van der Waals surface area contributed by atoms with Gasteiger partial charge in [-0.1, -0.05) is 11.6 Å². The number of amides is 1. The van der Waals surface area contributed by atoms with Crippen LogP contribution < -0.4 is 11.1 Å². The molecular weight excluding hydrogens is 398 g/mol. The molecule has 170 valence electrons. The first kappa shape index (κ1) is 22.5. The van der Waals surface area contributed by atoms with Crippen LogP contribution in [0.3, 0.4) is 0 Å². The zero-order valence-electron chi connectivity index (χ0n) is 19.9. The zero-order valence-corrected chi connectivity index (χ0v) is 19.9. The Hall–Kier alpha value is -2.73. The normalized spacial score (nSPS) is 22.0. The third-order valence-electron chi connectivity index (χ3n) is 6.32. The van der Waals surface area contributed by atoms with Crippen LogP contribution in [0.4, 0.5) is 5.82 Å². The number of carbonyl (C=O) groups is 1. The van der Waals surface area contributed by atoms with Gasteiger partial charge in [0, 0.05) is 59.7 Å². The molecule has 0 aromatic carbocycles. The van der Waals surface area contributed by atoms with Crippen molar-refractivity contribution >= 4 is 11.7 Å². The second kappa shape index (κ2) is 8.32. The molecule has 3 N–H and O–H groups in total. The average Bonchev–Trinajstić information content (AvgIpc) is 3.16. The van der Waals surface area contributed by atoms with Crippen molar-refractivity contribution in [2.75, 3.05) is 18.8 Å². The SMILES string of the molecule is Cc1cc(-c2ccc(N)nc2)cc(C2CCN(C(=O)CC3=CC(C)(C)NC(C)(C)C3)C2)n1. The molecule has 0 bridgehead atoms. The number of hydrogen-bond acceptors (Lipinski definition) is 5. The van der Waals surface area contributed by atoms with Gasteiger partial charge in [0.2, 0.25) is 5.91 Å². The van der Waals surface area contributed by atoms with Crippen molar-refractivity contribution in [3.63, 3.8) is 0 Å². The molecule has 6 nitrogen and oxygen atoms in total. The quantitative estimate of drug-likeness (QED) is 0.706. The van der Waals surface area contributed by atoms with E-state index < -0.39 is 0 Å². The van der Waals surface area contributed by atoms with Gasteiger partial charge in [-0.05, 0) is 77.3 Å². The number of nitrogens with one attached hydrogen (secondary N) is 1. The van der Waals surface area contributed by atoms with Gasteiger partial charge in [-0.15, -0.1) is 0 Å². The first-order chi connectivity index (χ1) is 15.0. The number of nitrogen functional groups attached to an aromatic ring is 1. The summed E-state index contributed by atoms with van der Waals surface area (Å²) >= 11 is 0. The van der Waals surface area contributed by atoms with Crippen LogP contribution in [-0.2, 0) is 4.79 Å². The van der Waals surface area contributed by atoms with Crippen molar-refractivity contribution in [3.05, 3.63) is 53.5 Å². The van der Waals surface area contributed by atoms with E-state index in [4.69, 9.17) is 10.7 Å². The maximum atomic E-state index is 13.1. The van der Waals surface area contributed by atoms with Crippen LogP contribution in [0.1, 0.15) is 64.3 Å². The molecule has 6 heteroatoms. The van der Waals surface area contributed by atoms with Crippen LogP contribution in [0.15, 0.2) is 42.1 Å². The topological polar surface area (TPSA) is 84.1 Å². The first-order valence-electron chi connectivity index (χ1n) is 11.5. The lowest BCUT2D eigenvalue weighted by Gasteiger charge is -2.41. The number of pyridine rings is 2. The molecule has 0 spiro atoms. The number of aromatic nitrogens is 2. The zero-order chi connectivity index (χ0) is 23.1. The minimum Gasteiger partial charge on any atom is -0.384 e. The number of nitrogens with zero attached hydrogens (tertiary/aromatic N) is 3. The van der Waals surface area contributed by atoms with Gasteiger partial charge in [0.25, 0.3) is 0 Å². The van der Waals surface area contributed by atoms with Gasteiger partial charge in [0.1, 0.15) is 5.82 Å². The average molecular weight is 434 g/mol. The van der Waals surface area contributed by atoms with E-state index in [1.807, 2.05) is 24.0 Å². The number of likely N-dealkylation sites (tertiary alicyclic amines) is 1. The Morgan fingerprint density at radius 2 is 2.00 bits per heavy atom. The lowest BCUT2D eigenvalue weighted by Crippen LogP contribution is -2.54. The molecular formula is C26H35N5O. The van der Waals surface area contributed by atoms with Gasteiger partial charge in [0.05, 0.1) is 0 Å². The summed E-state index contributed by atoms with van der Waals surface area (Å²) in [5.74, 6) is 0.998. The predicted octanol–water partition coefficient (Wildman–Crippen LogP) is 4.22.